The van der Waals surface area contributed by atoms with Gasteiger partial charge in [-0.3, -0.25) is 4.79 Å². The van der Waals surface area contributed by atoms with Crippen molar-refractivity contribution in [2.24, 2.45) is 16.8 Å². The summed E-state index contributed by atoms with van der Waals surface area (Å²) in [5.74, 6) is -1.18. The molecule has 1 unspecified atom stereocenters. The lowest BCUT2D eigenvalue weighted by atomic mass is 10.0. The van der Waals surface area contributed by atoms with Gasteiger partial charge in [0.2, 0.25) is 5.91 Å². The number of anilines is 1. The van der Waals surface area contributed by atoms with E-state index in [0.717, 1.165) is 18.2 Å². The van der Waals surface area contributed by atoms with Crippen molar-refractivity contribution in [1.82, 2.24) is 0 Å². The maximum atomic E-state index is 12.7. The third-order valence-corrected chi connectivity index (χ3v) is 3.05. The molecule has 1 aromatic carbocycles. The lowest BCUT2D eigenvalue weighted by Gasteiger charge is -2.15. The van der Waals surface area contributed by atoms with Gasteiger partial charge >= 0.3 is 6.18 Å². The number of rotatable bonds is 4. The molecule has 0 bridgehead atoms. The molecule has 8 heteroatoms. The first kappa shape index (κ1) is 16.8. The van der Waals surface area contributed by atoms with E-state index >= 15 is 0 Å². The van der Waals surface area contributed by atoms with E-state index in [1.165, 1.54) is 0 Å². The van der Waals surface area contributed by atoms with Crippen molar-refractivity contribution in [1.29, 1.82) is 0 Å². The number of alkyl halides is 3. The summed E-state index contributed by atoms with van der Waals surface area (Å²) in [6.45, 7) is 3.49. The second kappa shape index (κ2) is 6.47. The van der Waals surface area contributed by atoms with E-state index in [2.05, 4.69) is 10.5 Å². The van der Waals surface area contributed by atoms with Gasteiger partial charge in [-0.2, -0.15) is 13.2 Å². The lowest BCUT2D eigenvalue weighted by Crippen LogP contribution is -2.23. The number of oxime groups is 1. The van der Waals surface area contributed by atoms with Gasteiger partial charge in [0.05, 0.1) is 11.3 Å². The summed E-state index contributed by atoms with van der Waals surface area (Å²) in [5.41, 5.74) is 4.29. The SMILES string of the molecule is CCC(C)C(=O)Nc1ccc(C(F)(F)F)cc1/C(N)=N/O. The second-order valence-electron chi connectivity index (χ2n) is 4.54. The minimum atomic E-state index is -4.57. The van der Waals surface area contributed by atoms with E-state index in [9.17, 15) is 18.0 Å². The Kier molecular flexibility index (Phi) is 5.17. The number of hydrogen-bond acceptors (Lipinski definition) is 3. The van der Waals surface area contributed by atoms with E-state index in [1.807, 2.05) is 0 Å². The molecule has 1 rings (SSSR count). The summed E-state index contributed by atoms with van der Waals surface area (Å²) in [6.07, 6.45) is -3.99. The van der Waals surface area contributed by atoms with Gasteiger partial charge in [0.25, 0.3) is 0 Å². The highest BCUT2D eigenvalue weighted by atomic mass is 19.4. The van der Waals surface area contributed by atoms with Gasteiger partial charge in [-0.25, -0.2) is 0 Å². The largest absolute Gasteiger partial charge is 0.416 e. The molecule has 1 amide bonds. The summed E-state index contributed by atoms with van der Waals surface area (Å²) in [7, 11) is 0. The second-order valence-corrected chi connectivity index (χ2v) is 4.54. The molecule has 0 aromatic heterocycles. The number of carbonyl (C=O) groups is 1. The van der Waals surface area contributed by atoms with Gasteiger partial charge in [-0.15, -0.1) is 0 Å². The fourth-order valence-electron chi connectivity index (χ4n) is 1.54. The third kappa shape index (κ3) is 4.11. The van der Waals surface area contributed by atoms with Crippen LogP contribution in [-0.4, -0.2) is 17.0 Å². The van der Waals surface area contributed by atoms with Crippen LogP contribution in [0.1, 0.15) is 31.4 Å². The number of nitrogens with zero attached hydrogens (tertiary/aromatic N) is 1. The van der Waals surface area contributed by atoms with Gasteiger partial charge < -0.3 is 16.3 Å². The van der Waals surface area contributed by atoms with Crippen LogP contribution < -0.4 is 11.1 Å². The van der Waals surface area contributed by atoms with Gasteiger partial charge in [0.15, 0.2) is 5.84 Å². The Hall–Kier alpha value is -2.25. The molecule has 116 valence electrons. The molecule has 1 atom stereocenters. The van der Waals surface area contributed by atoms with Crippen molar-refractivity contribution in [3.05, 3.63) is 29.3 Å². The van der Waals surface area contributed by atoms with E-state index < -0.39 is 17.6 Å². The number of nitrogens with two attached hydrogens (primary N) is 1. The number of amides is 1. The van der Waals surface area contributed by atoms with Crippen LogP contribution in [0.4, 0.5) is 18.9 Å². The zero-order chi connectivity index (χ0) is 16.2. The molecule has 0 aliphatic heterocycles. The summed E-state index contributed by atoms with van der Waals surface area (Å²) < 4.78 is 38.0. The smallest absolute Gasteiger partial charge is 0.409 e. The van der Waals surface area contributed by atoms with E-state index in [4.69, 9.17) is 10.9 Å². The minimum Gasteiger partial charge on any atom is -0.409 e. The Morgan fingerprint density at radius 2 is 2.10 bits per heavy atom. The lowest BCUT2D eigenvalue weighted by molar-refractivity contribution is -0.137. The van der Waals surface area contributed by atoms with Gasteiger partial charge in [0.1, 0.15) is 0 Å². The van der Waals surface area contributed by atoms with E-state index in [0.29, 0.717) is 6.42 Å². The number of amidine groups is 1. The van der Waals surface area contributed by atoms with Crippen LogP contribution in [0.2, 0.25) is 0 Å². The van der Waals surface area contributed by atoms with Crippen LogP contribution in [0, 0.1) is 5.92 Å². The number of benzene rings is 1. The number of halogens is 3. The van der Waals surface area contributed by atoms with Crippen LogP contribution in [0.3, 0.4) is 0 Å². The molecule has 0 heterocycles. The zero-order valence-electron chi connectivity index (χ0n) is 11.5. The predicted octanol–water partition coefficient (Wildman–Crippen LogP) is 2.78. The van der Waals surface area contributed by atoms with Crippen molar-refractivity contribution >= 4 is 17.4 Å². The maximum Gasteiger partial charge on any atom is 0.416 e. The van der Waals surface area contributed by atoms with Crippen molar-refractivity contribution in [2.45, 2.75) is 26.4 Å². The van der Waals surface area contributed by atoms with Crippen LogP contribution in [-0.2, 0) is 11.0 Å². The highest BCUT2D eigenvalue weighted by molar-refractivity contribution is 6.05. The summed E-state index contributed by atoms with van der Waals surface area (Å²) in [6, 6.07) is 2.62. The average molecular weight is 303 g/mol. The molecular formula is C13H16F3N3O2. The quantitative estimate of drug-likeness (QED) is 0.346. The van der Waals surface area contributed by atoms with Crippen LogP contribution in [0.25, 0.3) is 0 Å². The predicted molar refractivity (Wildman–Crippen MR) is 72.0 cm³/mol. The number of hydrogen-bond donors (Lipinski definition) is 3. The molecular weight excluding hydrogens is 287 g/mol. The Morgan fingerprint density at radius 3 is 2.57 bits per heavy atom. The fourth-order valence-corrected chi connectivity index (χ4v) is 1.54. The molecule has 1 aromatic rings. The topological polar surface area (TPSA) is 87.7 Å². The molecule has 5 nitrogen and oxygen atoms in total. The molecule has 4 N–H and O–H groups in total. The molecule has 0 saturated carbocycles. The van der Waals surface area contributed by atoms with Crippen molar-refractivity contribution < 1.29 is 23.2 Å². The van der Waals surface area contributed by atoms with E-state index in [-0.39, 0.29) is 23.1 Å². The fraction of sp³-hybridized carbons (Fsp3) is 0.385. The summed E-state index contributed by atoms with van der Waals surface area (Å²) >= 11 is 0. The molecule has 0 radical (unpaired) electrons. The number of carbonyl (C=O) groups excluding carboxylic acids is 1. The molecule has 0 saturated heterocycles. The van der Waals surface area contributed by atoms with Gasteiger partial charge in [0, 0.05) is 11.5 Å². The molecule has 21 heavy (non-hydrogen) atoms. The first-order valence-corrected chi connectivity index (χ1v) is 6.20. The first-order valence-electron chi connectivity index (χ1n) is 6.20. The third-order valence-electron chi connectivity index (χ3n) is 3.05. The Labute approximate surface area is 119 Å². The number of nitrogens with one attached hydrogen (secondary N) is 1. The molecule has 0 aliphatic carbocycles. The van der Waals surface area contributed by atoms with E-state index in [1.54, 1.807) is 13.8 Å². The highest BCUT2D eigenvalue weighted by Gasteiger charge is 2.31. The van der Waals surface area contributed by atoms with Crippen molar-refractivity contribution in [3.8, 4) is 0 Å². The minimum absolute atomic E-state index is 0.0589. The maximum absolute atomic E-state index is 12.7. The Bertz CT molecular complexity index is 556. The monoisotopic (exact) mass is 303 g/mol. The van der Waals surface area contributed by atoms with Gasteiger partial charge in [-0.1, -0.05) is 19.0 Å². The zero-order valence-corrected chi connectivity index (χ0v) is 11.5. The van der Waals surface area contributed by atoms with Crippen LogP contribution in [0.5, 0.6) is 0 Å². The van der Waals surface area contributed by atoms with Crippen LogP contribution >= 0.6 is 0 Å². The first-order chi connectivity index (χ1) is 9.70. The average Bonchev–Trinajstić information content (AvgIpc) is 2.44. The normalized spacial score (nSPS) is 13.9. The molecule has 0 fully saturated rings. The Balaban J connectivity index is 3.23. The molecule has 0 spiro atoms. The van der Waals surface area contributed by atoms with Crippen molar-refractivity contribution in [2.75, 3.05) is 5.32 Å². The van der Waals surface area contributed by atoms with Crippen LogP contribution in [0.15, 0.2) is 23.4 Å². The molecule has 0 aliphatic rings. The Morgan fingerprint density at radius 1 is 1.48 bits per heavy atom. The van der Waals surface area contributed by atoms with Gasteiger partial charge in [-0.05, 0) is 24.6 Å². The van der Waals surface area contributed by atoms with Crippen molar-refractivity contribution in [3.63, 3.8) is 0 Å². The standard InChI is InChI=1S/C13H16F3N3O2/c1-3-7(2)12(20)18-10-5-4-8(13(14,15)16)6-9(10)11(17)19-21/h4-7,21H,3H2,1-2H3,(H2,17,19)(H,18,20). The highest BCUT2D eigenvalue weighted by Crippen LogP contribution is 2.32. The summed E-state index contributed by atoms with van der Waals surface area (Å²) in [4.78, 5) is 11.8. The summed E-state index contributed by atoms with van der Waals surface area (Å²) in [5, 5.41) is 13.8.